The topological polar surface area (TPSA) is 134 Å². The van der Waals surface area contributed by atoms with Gasteiger partial charge in [0.25, 0.3) is 0 Å². The first-order chi connectivity index (χ1) is 16.0. The number of aromatic carboxylic acids is 1. The lowest BCUT2D eigenvalue weighted by atomic mass is 10.2. The molecule has 0 saturated heterocycles. The molecule has 172 valence electrons. The van der Waals surface area contributed by atoms with E-state index in [-0.39, 0.29) is 18.4 Å². The van der Waals surface area contributed by atoms with Crippen LogP contribution in [0.4, 0.5) is 21.9 Å². The first kappa shape index (κ1) is 23.0. The number of anilines is 4. The number of rotatable bonds is 10. The lowest BCUT2D eigenvalue weighted by molar-refractivity contribution is 0.0450. The Labute approximate surface area is 197 Å². The number of hydrogen-bond donors (Lipinski definition) is 3. The molecule has 0 aliphatic heterocycles. The van der Waals surface area contributed by atoms with Gasteiger partial charge in [0.05, 0.1) is 22.9 Å². The minimum Gasteiger partial charge on any atom is -0.476 e. The minimum absolute atomic E-state index is 0.0377. The van der Waals surface area contributed by atoms with Crippen LogP contribution < -0.4 is 10.2 Å². The highest BCUT2D eigenvalue weighted by molar-refractivity contribution is 7.22. The van der Waals surface area contributed by atoms with Crippen LogP contribution in [0, 0.1) is 6.92 Å². The molecule has 1 atom stereocenters. The number of carboxylic acid groups (broad SMARTS) is 1. The molecule has 0 saturated carbocycles. The summed E-state index contributed by atoms with van der Waals surface area (Å²) in [4.78, 5) is 21.9. The zero-order chi connectivity index (χ0) is 23.4. The summed E-state index contributed by atoms with van der Waals surface area (Å²) in [5, 5.41) is 33.3. The first-order valence-corrected chi connectivity index (χ1v) is 11.7. The van der Waals surface area contributed by atoms with Crippen molar-refractivity contribution in [1.82, 2.24) is 20.2 Å². The van der Waals surface area contributed by atoms with Crippen molar-refractivity contribution in [2.24, 2.45) is 0 Å². The lowest BCUT2D eigenvalue weighted by Gasteiger charge is -2.23. The Morgan fingerprint density at radius 2 is 2.09 bits per heavy atom. The molecular formula is C21H22N6O4S2. The first-order valence-electron chi connectivity index (χ1n) is 10.1. The van der Waals surface area contributed by atoms with Gasteiger partial charge in [-0.1, -0.05) is 23.5 Å². The molecule has 0 fully saturated rings. The molecule has 0 spiro atoms. The van der Waals surface area contributed by atoms with Gasteiger partial charge in [0, 0.05) is 19.0 Å². The number of ether oxygens (including phenoxy) is 1. The molecule has 0 aliphatic carbocycles. The van der Waals surface area contributed by atoms with Crippen LogP contribution in [0.5, 0.6) is 0 Å². The number of fused-ring (bicyclic) bond motifs is 1. The number of aliphatic hydroxyl groups excluding tert-OH is 1. The van der Waals surface area contributed by atoms with E-state index in [1.54, 1.807) is 4.90 Å². The second-order valence-corrected chi connectivity index (χ2v) is 9.01. The average Bonchev–Trinajstić information content (AvgIpc) is 3.45. The summed E-state index contributed by atoms with van der Waals surface area (Å²) >= 11 is 2.73. The molecule has 0 amide bonds. The number of aromatic nitrogens is 4. The standard InChI is InChI=1S/C21H22N6O4S2/c1-12-9-17(25-26-18(12)24-20-22-14-5-3-4-6-16(14)33-20)27(8-7-13(10-28)31-2)21-23-15(11-32-21)19(29)30/h3-6,9,11,13,28H,7-8,10H2,1-2H3,(H,29,30)(H,22,24,26). The number of benzene rings is 1. The van der Waals surface area contributed by atoms with E-state index >= 15 is 0 Å². The SMILES string of the molecule is COC(CO)CCN(c1cc(C)c(Nc2nc3ccccc3s2)nn1)c1nc(C(=O)O)cs1. The van der Waals surface area contributed by atoms with E-state index in [1.165, 1.54) is 35.2 Å². The van der Waals surface area contributed by atoms with Gasteiger partial charge in [0.2, 0.25) is 0 Å². The van der Waals surface area contributed by atoms with E-state index in [0.717, 1.165) is 20.9 Å². The smallest absolute Gasteiger partial charge is 0.355 e. The Hall–Kier alpha value is -3.19. The molecule has 4 rings (SSSR count). The second-order valence-electron chi connectivity index (χ2n) is 7.15. The van der Waals surface area contributed by atoms with Crippen molar-refractivity contribution in [2.75, 3.05) is 30.5 Å². The zero-order valence-corrected chi connectivity index (χ0v) is 19.6. The molecule has 4 aromatic rings. The molecule has 0 bridgehead atoms. The van der Waals surface area contributed by atoms with Gasteiger partial charge in [-0.25, -0.2) is 14.8 Å². The lowest BCUT2D eigenvalue weighted by Crippen LogP contribution is -2.26. The van der Waals surface area contributed by atoms with E-state index in [4.69, 9.17) is 4.74 Å². The molecule has 0 radical (unpaired) electrons. The molecular weight excluding hydrogens is 464 g/mol. The van der Waals surface area contributed by atoms with E-state index in [2.05, 4.69) is 25.5 Å². The highest BCUT2D eigenvalue weighted by Gasteiger charge is 2.20. The van der Waals surface area contributed by atoms with Crippen molar-refractivity contribution >= 4 is 60.8 Å². The predicted molar refractivity (Wildman–Crippen MR) is 128 cm³/mol. The predicted octanol–water partition coefficient (Wildman–Crippen LogP) is 3.83. The van der Waals surface area contributed by atoms with Gasteiger partial charge in [-0.15, -0.1) is 21.5 Å². The fourth-order valence-electron chi connectivity index (χ4n) is 3.10. The Kier molecular flexibility index (Phi) is 7.08. The van der Waals surface area contributed by atoms with Crippen molar-refractivity contribution in [3.8, 4) is 0 Å². The van der Waals surface area contributed by atoms with E-state index in [0.29, 0.717) is 29.7 Å². The summed E-state index contributed by atoms with van der Waals surface area (Å²) in [6, 6.07) is 9.73. The van der Waals surface area contributed by atoms with Crippen LogP contribution in [0.2, 0.25) is 0 Å². The zero-order valence-electron chi connectivity index (χ0n) is 17.9. The van der Waals surface area contributed by atoms with Crippen molar-refractivity contribution in [1.29, 1.82) is 0 Å². The third kappa shape index (κ3) is 5.25. The van der Waals surface area contributed by atoms with Gasteiger partial charge in [-0.05, 0) is 37.1 Å². The molecule has 3 N–H and O–H groups in total. The third-order valence-electron chi connectivity index (χ3n) is 4.92. The Morgan fingerprint density at radius 1 is 1.27 bits per heavy atom. The number of thiazole rings is 2. The van der Waals surface area contributed by atoms with Crippen LogP contribution in [0.3, 0.4) is 0 Å². The van der Waals surface area contributed by atoms with Crippen molar-refractivity contribution in [3.63, 3.8) is 0 Å². The van der Waals surface area contributed by atoms with Gasteiger partial charge in [0.15, 0.2) is 27.6 Å². The normalized spacial score (nSPS) is 12.1. The molecule has 1 aromatic carbocycles. The maximum Gasteiger partial charge on any atom is 0.355 e. The maximum atomic E-state index is 11.3. The summed E-state index contributed by atoms with van der Waals surface area (Å²) in [5.41, 5.74) is 1.71. The third-order valence-corrected chi connectivity index (χ3v) is 6.74. The fraction of sp³-hybridized carbons (Fsp3) is 0.286. The summed E-state index contributed by atoms with van der Waals surface area (Å²) in [6.45, 7) is 2.19. The molecule has 3 heterocycles. The van der Waals surface area contributed by atoms with E-state index in [9.17, 15) is 15.0 Å². The number of aryl methyl sites for hydroxylation is 1. The van der Waals surface area contributed by atoms with Gasteiger partial charge in [-0.3, -0.25) is 0 Å². The number of para-hydroxylation sites is 1. The molecule has 10 nitrogen and oxygen atoms in total. The number of carbonyl (C=O) groups is 1. The Morgan fingerprint density at radius 3 is 2.76 bits per heavy atom. The van der Waals surface area contributed by atoms with Gasteiger partial charge < -0.3 is 25.2 Å². The monoisotopic (exact) mass is 486 g/mol. The van der Waals surface area contributed by atoms with Crippen molar-refractivity contribution in [2.45, 2.75) is 19.4 Å². The van der Waals surface area contributed by atoms with Crippen molar-refractivity contribution in [3.05, 3.63) is 47.0 Å². The van der Waals surface area contributed by atoms with Crippen LogP contribution in [0.1, 0.15) is 22.5 Å². The number of nitrogens with zero attached hydrogens (tertiary/aromatic N) is 5. The molecule has 1 unspecified atom stereocenters. The van der Waals surface area contributed by atoms with Crippen LogP contribution in [-0.4, -0.2) is 62.7 Å². The van der Waals surface area contributed by atoms with Crippen molar-refractivity contribution < 1.29 is 19.7 Å². The minimum atomic E-state index is -1.10. The highest BCUT2D eigenvalue weighted by atomic mass is 32.1. The van der Waals surface area contributed by atoms with Crippen LogP contribution in [0.25, 0.3) is 10.2 Å². The quantitative estimate of drug-likeness (QED) is 0.304. The molecule has 33 heavy (non-hydrogen) atoms. The fourth-order valence-corrected chi connectivity index (χ4v) is 4.80. The average molecular weight is 487 g/mol. The number of nitrogens with one attached hydrogen (secondary N) is 1. The molecule has 12 heteroatoms. The highest BCUT2D eigenvalue weighted by Crippen LogP contribution is 2.31. The summed E-state index contributed by atoms with van der Waals surface area (Å²) in [5.74, 6) is -0.00472. The van der Waals surface area contributed by atoms with E-state index < -0.39 is 5.97 Å². The number of hydrogen-bond acceptors (Lipinski definition) is 11. The summed E-state index contributed by atoms with van der Waals surface area (Å²) in [6.07, 6.45) is 0.127. The maximum absolute atomic E-state index is 11.3. The number of carboxylic acids is 1. The Bertz CT molecular complexity index is 1220. The Balaban J connectivity index is 1.60. The second kappa shape index (κ2) is 10.2. The van der Waals surface area contributed by atoms with Crippen LogP contribution >= 0.6 is 22.7 Å². The van der Waals surface area contributed by atoms with Gasteiger partial charge in [0.1, 0.15) is 0 Å². The largest absolute Gasteiger partial charge is 0.476 e. The number of aliphatic hydroxyl groups is 1. The van der Waals surface area contributed by atoms with Crippen LogP contribution in [-0.2, 0) is 4.74 Å². The van der Waals surface area contributed by atoms with Gasteiger partial charge >= 0.3 is 5.97 Å². The van der Waals surface area contributed by atoms with Gasteiger partial charge in [-0.2, -0.15) is 0 Å². The number of methoxy groups -OCH3 is 1. The molecule has 0 aliphatic rings. The molecule has 3 aromatic heterocycles. The van der Waals surface area contributed by atoms with E-state index in [1.807, 2.05) is 37.3 Å². The van der Waals surface area contributed by atoms with Crippen LogP contribution in [0.15, 0.2) is 35.7 Å². The summed E-state index contributed by atoms with van der Waals surface area (Å²) in [7, 11) is 1.53. The summed E-state index contributed by atoms with van der Waals surface area (Å²) < 4.78 is 6.33.